The van der Waals surface area contributed by atoms with Crippen LogP contribution in [0, 0.1) is 0 Å². The van der Waals surface area contributed by atoms with E-state index in [-0.39, 0.29) is 0 Å². The molecular weight excluding hydrogens is 360 g/mol. The van der Waals surface area contributed by atoms with E-state index in [0.717, 1.165) is 21.1 Å². The first kappa shape index (κ1) is 15.6. The third-order valence-electron chi connectivity index (χ3n) is 3.09. The summed E-state index contributed by atoms with van der Waals surface area (Å²) in [6.07, 6.45) is 4.96. The Hall–Kier alpha value is -2.25. The Balaban J connectivity index is 1.56. The second-order valence-electron chi connectivity index (χ2n) is 4.77. The third-order valence-corrected chi connectivity index (χ3v) is 3.58. The molecule has 7 heteroatoms. The molecule has 0 aliphatic carbocycles. The lowest BCUT2D eigenvalue weighted by Gasteiger charge is -2.08. The second-order valence-corrected chi connectivity index (χ2v) is 5.69. The van der Waals surface area contributed by atoms with E-state index in [2.05, 4.69) is 30.9 Å². The van der Waals surface area contributed by atoms with E-state index in [4.69, 9.17) is 15.2 Å². The maximum Gasteiger partial charge on any atom is 0.233 e. The summed E-state index contributed by atoms with van der Waals surface area (Å²) in [5.74, 6) is 1.14. The first-order valence-corrected chi connectivity index (χ1v) is 7.86. The van der Waals surface area contributed by atoms with E-state index >= 15 is 0 Å². The average Bonchev–Trinajstić information content (AvgIpc) is 2.58. The molecule has 1 aromatic carbocycles. The van der Waals surface area contributed by atoms with Crippen LogP contribution < -0.4 is 15.2 Å². The van der Waals surface area contributed by atoms with Crippen molar-refractivity contribution in [3.63, 3.8) is 0 Å². The van der Waals surface area contributed by atoms with E-state index in [1.54, 1.807) is 18.6 Å². The van der Waals surface area contributed by atoms with Crippen LogP contribution in [0.5, 0.6) is 11.6 Å². The Morgan fingerprint density at radius 2 is 1.87 bits per heavy atom. The van der Waals surface area contributed by atoms with E-state index in [9.17, 15) is 0 Å². The van der Waals surface area contributed by atoms with Gasteiger partial charge in [-0.2, -0.15) is 0 Å². The van der Waals surface area contributed by atoms with Crippen LogP contribution >= 0.6 is 15.9 Å². The van der Waals surface area contributed by atoms with E-state index < -0.39 is 0 Å². The molecule has 0 spiro atoms. The summed E-state index contributed by atoms with van der Waals surface area (Å²) in [6, 6.07) is 7.58. The number of hydrogen-bond acceptors (Lipinski definition) is 6. The van der Waals surface area contributed by atoms with Gasteiger partial charge in [-0.05, 0) is 29.8 Å². The van der Waals surface area contributed by atoms with Gasteiger partial charge in [-0.25, -0.2) is 9.97 Å². The van der Waals surface area contributed by atoms with Crippen LogP contribution in [0.25, 0.3) is 11.0 Å². The first-order valence-electron chi connectivity index (χ1n) is 7.06. The highest BCUT2D eigenvalue weighted by atomic mass is 79.9. The minimum Gasteiger partial charge on any atom is -0.488 e. The zero-order chi connectivity index (χ0) is 16.1. The molecule has 0 aliphatic heterocycles. The van der Waals surface area contributed by atoms with Crippen molar-refractivity contribution in [1.82, 2.24) is 15.0 Å². The number of hydrogen-bond donors (Lipinski definition) is 1. The van der Waals surface area contributed by atoms with Crippen LogP contribution in [-0.2, 0) is 6.54 Å². The van der Waals surface area contributed by atoms with Crippen LogP contribution in [0.1, 0.15) is 5.56 Å². The number of fused-ring (bicyclic) bond motifs is 1. The van der Waals surface area contributed by atoms with Gasteiger partial charge in [-0.3, -0.25) is 4.98 Å². The van der Waals surface area contributed by atoms with Crippen molar-refractivity contribution >= 4 is 27.0 Å². The molecule has 0 atom stereocenters. The van der Waals surface area contributed by atoms with E-state index in [1.165, 1.54) is 0 Å². The summed E-state index contributed by atoms with van der Waals surface area (Å²) in [6.45, 7) is 1.18. The number of halogens is 1. The SMILES string of the molecule is NCc1cncc(OCCOc2cnc3ccc(Br)cc3n2)c1. The molecule has 0 saturated heterocycles. The number of benzene rings is 1. The molecule has 0 radical (unpaired) electrons. The Bertz CT molecular complexity index is 813. The quantitative estimate of drug-likeness (QED) is 0.667. The van der Waals surface area contributed by atoms with Gasteiger partial charge in [0.15, 0.2) is 0 Å². The van der Waals surface area contributed by atoms with Gasteiger partial charge >= 0.3 is 0 Å². The van der Waals surface area contributed by atoms with Crippen molar-refractivity contribution in [3.8, 4) is 11.6 Å². The topological polar surface area (TPSA) is 83.2 Å². The minimum atomic E-state index is 0.362. The maximum absolute atomic E-state index is 5.58. The fraction of sp³-hybridized carbons (Fsp3) is 0.188. The van der Waals surface area contributed by atoms with Crippen LogP contribution in [0.4, 0.5) is 0 Å². The Morgan fingerprint density at radius 3 is 2.74 bits per heavy atom. The van der Waals surface area contributed by atoms with Gasteiger partial charge in [0.25, 0.3) is 0 Å². The first-order chi connectivity index (χ1) is 11.2. The maximum atomic E-state index is 5.58. The van der Waals surface area contributed by atoms with Crippen LogP contribution in [0.2, 0.25) is 0 Å². The predicted octanol–water partition coefficient (Wildman–Crippen LogP) is 2.70. The lowest BCUT2D eigenvalue weighted by Crippen LogP contribution is -2.10. The highest BCUT2D eigenvalue weighted by molar-refractivity contribution is 9.10. The molecule has 0 unspecified atom stereocenters. The molecule has 0 aliphatic rings. The molecule has 2 heterocycles. The predicted molar refractivity (Wildman–Crippen MR) is 90.4 cm³/mol. The van der Waals surface area contributed by atoms with Gasteiger partial charge in [-0.1, -0.05) is 15.9 Å². The number of pyridine rings is 1. The van der Waals surface area contributed by atoms with Gasteiger partial charge < -0.3 is 15.2 Å². The molecule has 3 rings (SSSR count). The van der Waals surface area contributed by atoms with Crippen molar-refractivity contribution in [1.29, 1.82) is 0 Å². The Kier molecular flexibility index (Phi) is 4.99. The second kappa shape index (κ2) is 7.34. The number of nitrogens with zero attached hydrogens (tertiary/aromatic N) is 3. The lowest BCUT2D eigenvalue weighted by molar-refractivity contribution is 0.211. The molecule has 0 amide bonds. The van der Waals surface area contributed by atoms with Crippen molar-refractivity contribution < 1.29 is 9.47 Å². The normalized spacial score (nSPS) is 10.7. The van der Waals surface area contributed by atoms with Gasteiger partial charge in [0.05, 0.1) is 23.4 Å². The standard InChI is InChI=1S/C16H15BrN4O2/c17-12-1-2-14-15(6-12)21-16(10-20-14)23-4-3-22-13-5-11(7-18)8-19-9-13/h1-2,5-6,8-10H,3-4,7,18H2. The summed E-state index contributed by atoms with van der Waals surface area (Å²) in [5.41, 5.74) is 8.09. The Labute approximate surface area is 141 Å². The molecule has 6 nitrogen and oxygen atoms in total. The van der Waals surface area contributed by atoms with Crippen molar-refractivity contribution in [3.05, 3.63) is 52.9 Å². The van der Waals surface area contributed by atoms with Crippen molar-refractivity contribution in [2.75, 3.05) is 13.2 Å². The zero-order valence-corrected chi connectivity index (χ0v) is 13.9. The van der Waals surface area contributed by atoms with Crippen molar-refractivity contribution in [2.24, 2.45) is 5.73 Å². The minimum absolute atomic E-state index is 0.362. The summed E-state index contributed by atoms with van der Waals surface area (Å²) in [5, 5.41) is 0. The molecule has 0 fully saturated rings. The summed E-state index contributed by atoms with van der Waals surface area (Å²) in [7, 11) is 0. The smallest absolute Gasteiger partial charge is 0.233 e. The fourth-order valence-corrected chi connectivity index (χ4v) is 2.35. The Morgan fingerprint density at radius 1 is 1.00 bits per heavy atom. The number of rotatable bonds is 6. The van der Waals surface area contributed by atoms with E-state index in [1.807, 2.05) is 24.3 Å². The zero-order valence-electron chi connectivity index (χ0n) is 12.3. The largest absolute Gasteiger partial charge is 0.488 e. The highest BCUT2D eigenvalue weighted by Gasteiger charge is 2.02. The fourth-order valence-electron chi connectivity index (χ4n) is 2.00. The van der Waals surface area contributed by atoms with Gasteiger partial charge in [-0.15, -0.1) is 0 Å². The van der Waals surface area contributed by atoms with E-state index in [0.29, 0.717) is 31.4 Å². The van der Waals surface area contributed by atoms with Crippen LogP contribution in [0.3, 0.4) is 0 Å². The summed E-state index contributed by atoms with van der Waals surface area (Å²) < 4.78 is 12.1. The molecule has 2 aromatic heterocycles. The third kappa shape index (κ3) is 4.14. The molecule has 0 saturated carbocycles. The summed E-state index contributed by atoms with van der Waals surface area (Å²) >= 11 is 3.41. The molecule has 118 valence electrons. The van der Waals surface area contributed by atoms with Gasteiger partial charge in [0.1, 0.15) is 19.0 Å². The number of aromatic nitrogens is 3. The molecule has 23 heavy (non-hydrogen) atoms. The van der Waals surface area contributed by atoms with Crippen molar-refractivity contribution in [2.45, 2.75) is 6.54 Å². The van der Waals surface area contributed by atoms with Crippen LogP contribution in [-0.4, -0.2) is 28.2 Å². The van der Waals surface area contributed by atoms with Gasteiger partial charge in [0, 0.05) is 17.2 Å². The summed E-state index contributed by atoms with van der Waals surface area (Å²) in [4.78, 5) is 12.8. The molecular formula is C16H15BrN4O2. The highest BCUT2D eigenvalue weighted by Crippen LogP contribution is 2.18. The van der Waals surface area contributed by atoms with Crippen LogP contribution in [0.15, 0.2) is 47.3 Å². The average molecular weight is 375 g/mol. The monoisotopic (exact) mass is 374 g/mol. The number of ether oxygens (including phenoxy) is 2. The van der Waals surface area contributed by atoms with Gasteiger partial charge in [0.2, 0.25) is 5.88 Å². The lowest BCUT2D eigenvalue weighted by atomic mass is 10.3. The molecule has 0 bridgehead atoms. The molecule has 3 aromatic rings. The number of nitrogens with two attached hydrogens (primary N) is 1. The molecule has 2 N–H and O–H groups in total.